The van der Waals surface area contributed by atoms with Crippen molar-refractivity contribution in [2.24, 2.45) is 5.92 Å². The first-order valence-electron chi connectivity index (χ1n) is 17.0. The Morgan fingerprint density at radius 2 is 0.622 bits per heavy atom. The Morgan fingerprint density at radius 1 is 0.405 bits per heavy atom. The van der Waals surface area contributed by atoms with Crippen LogP contribution >= 0.6 is 0 Å². The summed E-state index contributed by atoms with van der Waals surface area (Å²) in [5.74, 6) is -0.134. The van der Waals surface area contributed by atoms with E-state index in [9.17, 15) is 9.59 Å². The molecule has 2 nitrogen and oxygen atoms in total. The van der Waals surface area contributed by atoms with Gasteiger partial charge in [-0.25, -0.2) is 0 Å². The van der Waals surface area contributed by atoms with Crippen LogP contribution < -0.4 is 0 Å². The highest BCUT2D eigenvalue weighted by Crippen LogP contribution is 2.18. The number of rotatable bonds is 31. The van der Waals surface area contributed by atoms with Crippen LogP contribution in [0.1, 0.15) is 201 Å². The third-order valence-electron chi connectivity index (χ3n) is 8.08. The van der Waals surface area contributed by atoms with Gasteiger partial charge < -0.3 is 0 Å². The SMILES string of the molecule is C[CH]C(C(=O)CCCCCCCCCCCCCCC)C(=O)CCCCCCCCCCCCCCC. The van der Waals surface area contributed by atoms with E-state index >= 15 is 0 Å². The van der Waals surface area contributed by atoms with E-state index in [1.54, 1.807) is 0 Å². The lowest BCUT2D eigenvalue weighted by atomic mass is 9.89. The topological polar surface area (TPSA) is 34.1 Å². The van der Waals surface area contributed by atoms with Gasteiger partial charge in [0.2, 0.25) is 0 Å². The number of hydrogen-bond donors (Lipinski definition) is 0. The minimum Gasteiger partial charge on any atom is -0.299 e. The van der Waals surface area contributed by atoms with Gasteiger partial charge in [-0.05, 0) is 19.3 Å². The molecule has 0 bridgehead atoms. The summed E-state index contributed by atoms with van der Waals surface area (Å²) < 4.78 is 0. The summed E-state index contributed by atoms with van der Waals surface area (Å²) in [5, 5.41) is 0. The zero-order chi connectivity index (χ0) is 27.2. The highest BCUT2D eigenvalue weighted by molar-refractivity contribution is 6.03. The molecule has 37 heavy (non-hydrogen) atoms. The van der Waals surface area contributed by atoms with Crippen LogP contribution in [-0.2, 0) is 9.59 Å². The lowest BCUT2D eigenvalue weighted by Crippen LogP contribution is -2.23. The standard InChI is InChI=1S/C35H67O2/c1-4-7-9-11-13-15-17-19-21-23-25-27-29-31-34(36)33(6-3)35(37)32-30-28-26-24-22-20-18-16-14-12-10-8-5-2/h6,33H,4-5,7-32H2,1-3H3. The van der Waals surface area contributed by atoms with Crippen molar-refractivity contribution in [3.63, 3.8) is 0 Å². The van der Waals surface area contributed by atoms with Crippen molar-refractivity contribution in [1.82, 2.24) is 0 Å². The second kappa shape index (κ2) is 29.9. The fourth-order valence-electron chi connectivity index (χ4n) is 5.50. The Kier molecular flexibility index (Phi) is 29.4. The van der Waals surface area contributed by atoms with Crippen LogP contribution in [-0.4, -0.2) is 11.6 Å². The highest BCUT2D eigenvalue weighted by Gasteiger charge is 2.23. The molecule has 0 saturated heterocycles. The van der Waals surface area contributed by atoms with Crippen molar-refractivity contribution >= 4 is 11.6 Å². The molecule has 0 aliphatic carbocycles. The predicted octanol–water partition coefficient (Wildman–Crippen LogP) is 11.9. The molecular formula is C35H67O2. The summed E-state index contributed by atoms with van der Waals surface area (Å²) in [7, 11) is 0. The highest BCUT2D eigenvalue weighted by atomic mass is 16.1. The fourth-order valence-corrected chi connectivity index (χ4v) is 5.50. The lowest BCUT2D eigenvalue weighted by molar-refractivity contribution is -0.131. The van der Waals surface area contributed by atoms with Gasteiger partial charge >= 0.3 is 0 Å². The van der Waals surface area contributed by atoms with Gasteiger partial charge in [-0.15, -0.1) is 0 Å². The second-order valence-electron chi connectivity index (χ2n) is 11.7. The molecule has 0 aromatic heterocycles. The van der Waals surface area contributed by atoms with Gasteiger partial charge in [0.25, 0.3) is 0 Å². The van der Waals surface area contributed by atoms with Gasteiger partial charge in [-0.1, -0.05) is 175 Å². The molecule has 0 saturated carbocycles. The van der Waals surface area contributed by atoms with Crippen LogP contribution in [0.15, 0.2) is 0 Å². The fraction of sp³-hybridized carbons (Fsp3) is 0.914. The van der Waals surface area contributed by atoms with Crippen LogP contribution in [0.2, 0.25) is 0 Å². The van der Waals surface area contributed by atoms with E-state index in [-0.39, 0.29) is 11.6 Å². The second-order valence-corrected chi connectivity index (χ2v) is 11.7. The van der Waals surface area contributed by atoms with Gasteiger partial charge in [0.15, 0.2) is 0 Å². The minimum absolute atomic E-state index is 0.158. The van der Waals surface area contributed by atoms with Crippen molar-refractivity contribution < 1.29 is 9.59 Å². The van der Waals surface area contributed by atoms with Gasteiger partial charge in [-0.3, -0.25) is 9.59 Å². The molecular weight excluding hydrogens is 452 g/mol. The molecule has 0 aliphatic rings. The number of hydrogen-bond acceptors (Lipinski definition) is 2. The monoisotopic (exact) mass is 520 g/mol. The average Bonchev–Trinajstić information content (AvgIpc) is 2.90. The number of ketones is 2. The third-order valence-corrected chi connectivity index (χ3v) is 8.08. The van der Waals surface area contributed by atoms with Gasteiger partial charge in [0, 0.05) is 12.8 Å². The summed E-state index contributed by atoms with van der Waals surface area (Å²) in [5.41, 5.74) is 0. The maximum absolute atomic E-state index is 12.6. The zero-order valence-corrected chi connectivity index (χ0v) is 25.8. The van der Waals surface area contributed by atoms with E-state index in [0.717, 1.165) is 25.7 Å². The molecule has 0 amide bonds. The number of carbonyl (C=O) groups excluding carboxylic acids is 2. The van der Waals surface area contributed by atoms with Crippen molar-refractivity contribution in [3.05, 3.63) is 6.42 Å². The average molecular weight is 520 g/mol. The maximum atomic E-state index is 12.6. The first kappa shape index (κ1) is 36.3. The van der Waals surface area contributed by atoms with Crippen LogP contribution in [0.4, 0.5) is 0 Å². The molecule has 0 unspecified atom stereocenters. The number of carbonyl (C=O) groups is 2. The molecule has 0 rings (SSSR count). The van der Waals surface area contributed by atoms with Gasteiger partial charge in [0.05, 0.1) is 5.92 Å². The summed E-state index contributed by atoms with van der Waals surface area (Å²) in [4.78, 5) is 25.2. The van der Waals surface area contributed by atoms with Crippen LogP contribution in [0.25, 0.3) is 0 Å². The van der Waals surface area contributed by atoms with Crippen LogP contribution in [0.3, 0.4) is 0 Å². The van der Waals surface area contributed by atoms with Crippen molar-refractivity contribution in [2.75, 3.05) is 0 Å². The molecule has 0 aromatic carbocycles. The molecule has 0 aromatic rings. The number of unbranched alkanes of at least 4 members (excludes halogenated alkanes) is 24. The maximum Gasteiger partial charge on any atom is 0.143 e. The van der Waals surface area contributed by atoms with E-state index in [0.29, 0.717) is 12.8 Å². The molecule has 219 valence electrons. The van der Waals surface area contributed by atoms with Gasteiger partial charge in [0.1, 0.15) is 11.6 Å². The molecule has 0 N–H and O–H groups in total. The Hall–Kier alpha value is -0.660. The van der Waals surface area contributed by atoms with E-state index < -0.39 is 5.92 Å². The van der Waals surface area contributed by atoms with E-state index in [1.807, 2.05) is 13.3 Å². The third kappa shape index (κ3) is 25.4. The quantitative estimate of drug-likeness (QED) is 0.0674. The Labute approximate surface area is 233 Å². The summed E-state index contributed by atoms with van der Waals surface area (Å²) in [6.07, 6.45) is 37.2. The molecule has 0 spiro atoms. The minimum atomic E-state index is -0.449. The predicted molar refractivity (Wildman–Crippen MR) is 164 cm³/mol. The first-order valence-corrected chi connectivity index (χ1v) is 17.0. The van der Waals surface area contributed by atoms with Crippen molar-refractivity contribution in [3.8, 4) is 0 Å². The Bertz CT molecular complexity index is 442. The lowest BCUT2D eigenvalue weighted by Gasteiger charge is -2.12. The van der Waals surface area contributed by atoms with Crippen LogP contribution in [0, 0.1) is 12.3 Å². The van der Waals surface area contributed by atoms with Crippen LogP contribution in [0.5, 0.6) is 0 Å². The Morgan fingerprint density at radius 3 is 0.838 bits per heavy atom. The zero-order valence-electron chi connectivity index (χ0n) is 25.8. The van der Waals surface area contributed by atoms with E-state index in [1.165, 1.54) is 141 Å². The largest absolute Gasteiger partial charge is 0.299 e. The summed E-state index contributed by atoms with van der Waals surface area (Å²) in [6, 6.07) is 0. The Balaban J connectivity index is 3.57. The summed E-state index contributed by atoms with van der Waals surface area (Å²) in [6.45, 7) is 6.43. The van der Waals surface area contributed by atoms with E-state index in [2.05, 4.69) is 13.8 Å². The van der Waals surface area contributed by atoms with Gasteiger partial charge in [-0.2, -0.15) is 0 Å². The molecule has 0 atom stereocenters. The summed E-state index contributed by atoms with van der Waals surface area (Å²) >= 11 is 0. The molecule has 0 aliphatic heterocycles. The smallest absolute Gasteiger partial charge is 0.143 e. The van der Waals surface area contributed by atoms with E-state index in [4.69, 9.17) is 0 Å². The molecule has 1 radical (unpaired) electrons. The molecule has 0 heterocycles. The molecule has 2 heteroatoms. The number of Topliss-reactive ketones (excluding diaryl/α,β-unsaturated/α-hetero) is 2. The molecule has 0 fully saturated rings. The normalized spacial score (nSPS) is 11.5. The first-order chi connectivity index (χ1) is 18.2. The van der Waals surface area contributed by atoms with Crippen molar-refractivity contribution in [2.45, 2.75) is 201 Å². The van der Waals surface area contributed by atoms with Crippen molar-refractivity contribution in [1.29, 1.82) is 0 Å².